The van der Waals surface area contributed by atoms with E-state index in [9.17, 15) is 4.79 Å². The second-order valence-electron chi connectivity index (χ2n) is 4.66. The topological polar surface area (TPSA) is 41.1 Å². The van der Waals surface area contributed by atoms with Crippen LogP contribution in [-0.4, -0.2) is 12.6 Å². The molecule has 0 saturated heterocycles. The van der Waals surface area contributed by atoms with Crippen LogP contribution in [0.2, 0.25) is 0 Å². The van der Waals surface area contributed by atoms with E-state index in [-0.39, 0.29) is 6.03 Å². The lowest BCUT2D eigenvalue weighted by Crippen LogP contribution is -2.30. The van der Waals surface area contributed by atoms with Crippen LogP contribution in [-0.2, 0) is 12.8 Å². The van der Waals surface area contributed by atoms with E-state index in [0.29, 0.717) is 6.54 Å². The molecular formula is C16H20N2OS. The number of nitrogens with one attached hydrogen (secondary N) is 2. The van der Waals surface area contributed by atoms with Gasteiger partial charge in [0.25, 0.3) is 0 Å². The van der Waals surface area contributed by atoms with Gasteiger partial charge in [0.05, 0.1) is 0 Å². The summed E-state index contributed by atoms with van der Waals surface area (Å²) in [5, 5.41) is 7.76. The van der Waals surface area contributed by atoms with Gasteiger partial charge in [-0.2, -0.15) is 0 Å². The fraction of sp³-hybridized carbons (Fsp3) is 0.312. The van der Waals surface area contributed by atoms with Gasteiger partial charge in [-0.15, -0.1) is 11.3 Å². The van der Waals surface area contributed by atoms with E-state index in [1.54, 1.807) is 11.3 Å². The first-order valence-corrected chi connectivity index (χ1v) is 7.82. The molecule has 0 aliphatic heterocycles. The zero-order valence-electron chi connectivity index (χ0n) is 11.7. The summed E-state index contributed by atoms with van der Waals surface area (Å²) in [4.78, 5) is 13.0. The number of hydrogen-bond donors (Lipinski definition) is 2. The maximum absolute atomic E-state index is 11.7. The molecule has 2 aromatic rings. The van der Waals surface area contributed by atoms with Crippen LogP contribution in [0, 0.1) is 0 Å². The summed E-state index contributed by atoms with van der Waals surface area (Å²) in [6, 6.07) is 12.0. The Morgan fingerprint density at radius 2 is 1.95 bits per heavy atom. The van der Waals surface area contributed by atoms with Gasteiger partial charge < -0.3 is 10.6 Å². The molecule has 1 aromatic carbocycles. The number of carbonyl (C=O) groups is 1. The number of hydrogen-bond acceptors (Lipinski definition) is 2. The van der Waals surface area contributed by atoms with Crippen molar-refractivity contribution in [2.75, 3.05) is 11.9 Å². The summed E-state index contributed by atoms with van der Waals surface area (Å²) < 4.78 is 0. The summed E-state index contributed by atoms with van der Waals surface area (Å²) in [5.74, 6) is 0. The summed E-state index contributed by atoms with van der Waals surface area (Å²) in [6.07, 6.45) is 3.09. The molecule has 4 heteroatoms. The number of amides is 2. The van der Waals surface area contributed by atoms with E-state index >= 15 is 0 Å². The highest BCUT2D eigenvalue weighted by atomic mass is 32.1. The van der Waals surface area contributed by atoms with Crippen molar-refractivity contribution in [2.24, 2.45) is 0 Å². The van der Waals surface area contributed by atoms with Crippen molar-refractivity contribution in [3.05, 3.63) is 52.2 Å². The van der Waals surface area contributed by atoms with E-state index in [2.05, 4.69) is 35.8 Å². The summed E-state index contributed by atoms with van der Waals surface area (Å²) in [5.41, 5.74) is 2.13. The lowest BCUT2D eigenvalue weighted by atomic mass is 10.1. The Labute approximate surface area is 124 Å². The summed E-state index contributed by atoms with van der Waals surface area (Å²) in [7, 11) is 0. The van der Waals surface area contributed by atoms with Crippen molar-refractivity contribution in [3.63, 3.8) is 0 Å². The SMILES string of the molecule is CCCc1ccc(NC(=O)NCCc2cccs2)cc1. The number of carbonyl (C=O) groups excluding carboxylic acids is 1. The fourth-order valence-corrected chi connectivity index (χ4v) is 2.68. The molecule has 0 unspecified atom stereocenters. The molecule has 0 radical (unpaired) electrons. The molecule has 106 valence electrons. The van der Waals surface area contributed by atoms with Gasteiger partial charge in [-0.3, -0.25) is 0 Å². The van der Waals surface area contributed by atoms with E-state index < -0.39 is 0 Å². The van der Waals surface area contributed by atoms with Crippen LogP contribution in [0.4, 0.5) is 10.5 Å². The molecule has 0 aliphatic rings. The van der Waals surface area contributed by atoms with Gasteiger partial charge >= 0.3 is 6.03 Å². The van der Waals surface area contributed by atoms with Crippen molar-refractivity contribution < 1.29 is 4.79 Å². The third kappa shape index (κ3) is 4.70. The van der Waals surface area contributed by atoms with E-state index in [0.717, 1.165) is 24.9 Å². The highest BCUT2D eigenvalue weighted by molar-refractivity contribution is 7.09. The Morgan fingerprint density at radius 1 is 1.15 bits per heavy atom. The van der Waals surface area contributed by atoms with Crippen LogP contribution < -0.4 is 10.6 Å². The Bertz CT molecular complexity index is 520. The van der Waals surface area contributed by atoms with Crippen LogP contribution >= 0.6 is 11.3 Å². The highest BCUT2D eigenvalue weighted by Gasteiger charge is 2.01. The first kappa shape index (κ1) is 14.6. The molecular weight excluding hydrogens is 268 g/mol. The molecule has 2 rings (SSSR count). The minimum absolute atomic E-state index is 0.148. The van der Waals surface area contributed by atoms with Gasteiger partial charge in [-0.1, -0.05) is 31.5 Å². The Hall–Kier alpha value is -1.81. The summed E-state index contributed by atoms with van der Waals surface area (Å²) >= 11 is 1.71. The van der Waals surface area contributed by atoms with Crippen molar-refractivity contribution in [3.8, 4) is 0 Å². The number of urea groups is 1. The standard InChI is InChI=1S/C16H20N2OS/c1-2-4-13-6-8-14(9-7-13)18-16(19)17-11-10-15-5-3-12-20-15/h3,5-9,12H,2,4,10-11H2,1H3,(H2,17,18,19). The van der Waals surface area contributed by atoms with Crippen molar-refractivity contribution in [2.45, 2.75) is 26.2 Å². The third-order valence-corrected chi connectivity index (χ3v) is 3.92. The molecule has 0 atom stereocenters. The van der Waals surface area contributed by atoms with Crippen molar-refractivity contribution >= 4 is 23.1 Å². The first-order chi connectivity index (χ1) is 9.78. The molecule has 20 heavy (non-hydrogen) atoms. The summed E-state index contributed by atoms with van der Waals surface area (Å²) in [6.45, 7) is 2.81. The second-order valence-corrected chi connectivity index (χ2v) is 5.69. The average molecular weight is 288 g/mol. The maximum atomic E-state index is 11.7. The molecule has 0 fully saturated rings. The number of benzene rings is 1. The lowest BCUT2D eigenvalue weighted by molar-refractivity contribution is 0.252. The predicted molar refractivity (Wildman–Crippen MR) is 85.5 cm³/mol. The van der Waals surface area contributed by atoms with Gasteiger partial charge in [0.1, 0.15) is 0 Å². The molecule has 0 bridgehead atoms. The molecule has 0 saturated carbocycles. The van der Waals surface area contributed by atoms with Crippen LogP contribution in [0.15, 0.2) is 41.8 Å². The van der Waals surface area contributed by atoms with Crippen LogP contribution in [0.25, 0.3) is 0 Å². The molecule has 1 aromatic heterocycles. The van der Waals surface area contributed by atoms with E-state index in [4.69, 9.17) is 0 Å². The zero-order chi connectivity index (χ0) is 14.2. The van der Waals surface area contributed by atoms with E-state index in [1.165, 1.54) is 10.4 Å². The van der Waals surface area contributed by atoms with Gasteiger partial charge in [0, 0.05) is 17.1 Å². The number of anilines is 1. The zero-order valence-corrected chi connectivity index (χ0v) is 12.5. The van der Waals surface area contributed by atoms with Gasteiger partial charge in [-0.05, 0) is 42.0 Å². The normalized spacial score (nSPS) is 10.2. The van der Waals surface area contributed by atoms with Gasteiger partial charge in [0.2, 0.25) is 0 Å². The predicted octanol–water partition coefficient (Wildman–Crippen LogP) is 4.06. The van der Waals surface area contributed by atoms with Crippen LogP contribution in [0.1, 0.15) is 23.8 Å². The lowest BCUT2D eigenvalue weighted by Gasteiger charge is -2.08. The minimum Gasteiger partial charge on any atom is -0.338 e. The highest BCUT2D eigenvalue weighted by Crippen LogP contribution is 2.11. The maximum Gasteiger partial charge on any atom is 0.319 e. The number of rotatable bonds is 6. The quantitative estimate of drug-likeness (QED) is 0.826. The van der Waals surface area contributed by atoms with E-state index in [1.807, 2.05) is 23.6 Å². The minimum atomic E-state index is -0.148. The first-order valence-electron chi connectivity index (χ1n) is 6.94. The molecule has 0 spiro atoms. The third-order valence-electron chi connectivity index (χ3n) is 2.99. The smallest absolute Gasteiger partial charge is 0.319 e. The van der Waals surface area contributed by atoms with Crippen LogP contribution in [0.3, 0.4) is 0 Å². The molecule has 2 N–H and O–H groups in total. The Balaban J connectivity index is 1.73. The van der Waals surface area contributed by atoms with Crippen LogP contribution in [0.5, 0.6) is 0 Å². The molecule has 0 aliphatic carbocycles. The fourth-order valence-electron chi connectivity index (χ4n) is 1.97. The Kier molecular flexibility index (Phi) is 5.62. The average Bonchev–Trinajstić information content (AvgIpc) is 2.94. The second kappa shape index (κ2) is 7.70. The monoisotopic (exact) mass is 288 g/mol. The molecule has 3 nitrogen and oxygen atoms in total. The molecule has 1 heterocycles. The largest absolute Gasteiger partial charge is 0.338 e. The number of aryl methyl sites for hydroxylation is 1. The van der Waals surface area contributed by atoms with Crippen molar-refractivity contribution in [1.29, 1.82) is 0 Å². The molecule has 2 amide bonds. The van der Waals surface area contributed by atoms with Gasteiger partial charge in [0.15, 0.2) is 0 Å². The van der Waals surface area contributed by atoms with Crippen molar-refractivity contribution in [1.82, 2.24) is 5.32 Å². The Morgan fingerprint density at radius 3 is 2.60 bits per heavy atom. The number of thiophene rings is 1. The van der Waals surface area contributed by atoms with Gasteiger partial charge in [-0.25, -0.2) is 4.79 Å².